The first kappa shape index (κ1) is 17.3. The third-order valence-corrected chi connectivity index (χ3v) is 4.65. The number of rotatable bonds is 7. The molecule has 0 radical (unpaired) electrons. The molecule has 1 aromatic carbocycles. The fraction of sp³-hybridized carbons (Fsp3) is 0.444. The molecule has 134 valence electrons. The van der Waals surface area contributed by atoms with Crippen LogP contribution in [-0.2, 0) is 20.7 Å². The second-order valence-corrected chi connectivity index (χ2v) is 6.07. The van der Waals surface area contributed by atoms with Crippen LogP contribution in [0.4, 0.5) is 0 Å². The van der Waals surface area contributed by atoms with Gasteiger partial charge < -0.3 is 24.6 Å². The van der Waals surface area contributed by atoms with Gasteiger partial charge in [0.25, 0.3) is 0 Å². The quantitative estimate of drug-likeness (QED) is 0.715. The Morgan fingerprint density at radius 2 is 1.80 bits per heavy atom. The number of carbonyl (C=O) groups excluding carboxylic acids is 1. The van der Waals surface area contributed by atoms with E-state index in [1.165, 1.54) is 0 Å². The molecule has 1 saturated heterocycles. The number of carbonyl (C=O) groups is 2. The summed E-state index contributed by atoms with van der Waals surface area (Å²) in [5.74, 6) is -1.52. The first-order chi connectivity index (χ1) is 12.0. The Balaban J connectivity index is 1.58. The Morgan fingerprint density at radius 1 is 1.12 bits per heavy atom. The Kier molecular flexibility index (Phi) is 4.94. The number of aliphatic carboxylic acids is 1. The normalized spacial score (nSPS) is 26.5. The molecule has 25 heavy (non-hydrogen) atoms. The molecule has 2 aliphatic rings. The highest BCUT2D eigenvalue weighted by molar-refractivity contribution is 5.87. The molecule has 0 spiro atoms. The van der Waals surface area contributed by atoms with Gasteiger partial charge in [0.2, 0.25) is 5.91 Å². The minimum atomic E-state index is -1.00. The van der Waals surface area contributed by atoms with E-state index in [1.807, 2.05) is 18.2 Å². The molecule has 7 nitrogen and oxygen atoms in total. The number of carboxylic acid groups (broad SMARTS) is 1. The number of methoxy groups -OCH3 is 2. The van der Waals surface area contributed by atoms with Gasteiger partial charge in [-0.05, 0) is 24.1 Å². The van der Waals surface area contributed by atoms with E-state index in [0.717, 1.165) is 5.56 Å². The molecule has 1 fully saturated rings. The fourth-order valence-electron chi connectivity index (χ4n) is 3.40. The van der Waals surface area contributed by atoms with Gasteiger partial charge in [0.15, 0.2) is 11.5 Å². The van der Waals surface area contributed by atoms with E-state index in [0.29, 0.717) is 24.5 Å². The summed E-state index contributed by atoms with van der Waals surface area (Å²) in [5, 5.41) is 12.2. The van der Waals surface area contributed by atoms with E-state index in [4.69, 9.17) is 14.2 Å². The predicted molar refractivity (Wildman–Crippen MR) is 88.7 cm³/mol. The monoisotopic (exact) mass is 347 g/mol. The summed E-state index contributed by atoms with van der Waals surface area (Å²) in [6, 6.07) is 5.57. The van der Waals surface area contributed by atoms with Crippen LogP contribution in [0.1, 0.15) is 5.56 Å². The van der Waals surface area contributed by atoms with Gasteiger partial charge in [0.05, 0.1) is 32.3 Å². The van der Waals surface area contributed by atoms with Crippen molar-refractivity contribution in [1.82, 2.24) is 5.32 Å². The molecule has 0 aliphatic carbocycles. The van der Waals surface area contributed by atoms with Crippen LogP contribution in [0.2, 0.25) is 0 Å². The zero-order valence-corrected chi connectivity index (χ0v) is 14.1. The van der Waals surface area contributed by atoms with Crippen molar-refractivity contribution in [3.63, 3.8) is 0 Å². The molecule has 2 N–H and O–H groups in total. The van der Waals surface area contributed by atoms with E-state index in [2.05, 4.69) is 5.32 Å². The second kappa shape index (κ2) is 7.14. The van der Waals surface area contributed by atoms with Gasteiger partial charge in [0.1, 0.15) is 5.92 Å². The van der Waals surface area contributed by atoms with Crippen LogP contribution >= 0.6 is 0 Å². The van der Waals surface area contributed by atoms with Crippen molar-refractivity contribution in [2.75, 3.05) is 20.8 Å². The zero-order chi connectivity index (χ0) is 18.0. The highest BCUT2D eigenvalue weighted by atomic mass is 16.5. The average molecular weight is 347 g/mol. The number of benzene rings is 1. The summed E-state index contributed by atoms with van der Waals surface area (Å²) in [5.41, 5.74) is 0.983. The Labute approximate surface area is 145 Å². The summed E-state index contributed by atoms with van der Waals surface area (Å²) < 4.78 is 16.0. The van der Waals surface area contributed by atoms with E-state index in [1.54, 1.807) is 26.4 Å². The minimum Gasteiger partial charge on any atom is -0.493 e. The smallest absolute Gasteiger partial charge is 0.310 e. The molecular formula is C18H21NO6. The van der Waals surface area contributed by atoms with Crippen molar-refractivity contribution in [3.05, 3.63) is 35.9 Å². The molecular weight excluding hydrogens is 326 g/mol. The molecule has 7 heteroatoms. The average Bonchev–Trinajstić information content (AvgIpc) is 3.22. The minimum absolute atomic E-state index is 0.287. The number of fused-ring (bicyclic) bond motifs is 2. The van der Waals surface area contributed by atoms with Crippen molar-refractivity contribution in [2.24, 2.45) is 11.8 Å². The molecule has 1 amide bonds. The van der Waals surface area contributed by atoms with Crippen LogP contribution in [0.5, 0.6) is 11.5 Å². The van der Waals surface area contributed by atoms with Gasteiger partial charge in [-0.15, -0.1) is 0 Å². The van der Waals surface area contributed by atoms with Gasteiger partial charge in [0, 0.05) is 6.54 Å². The first-order valence-electron chi connectivity index (χ1n) is 8.10. The van der Waals surface area contributed by atoms with E-state index >= 15 is 0 Å². The fourth-order valence-corrected chi connectivity index (χ4v) is 3.40. The SMILES string of the molecule is COc1ccc(CCNC(=O)[C@H]2[C@@H](C(=O)O)[C@@H]3C=C[C@@H]2O3)cc1OC. The van der Waals surface area contributed by atoms with Crippen molar-refractivity contribution >= 4 is 11.9 Å². The highest BCUT2D eigenvalue weighted by Crippen LogP contribution is 2.39. The predicted octanol–water partition coefficient (Wildman–Crippen LogP) is 1.02. The van der Waals surface area contributed by atoms with Crippen LogP contribution in [-0.4, -0.2) is 50.0 Å². The van der Waals surface area contributed by atoms with Crippen molar-refractivity contribution in [3.8, 4) is 11.5 Å². The maximum Gasteiger partial charge on any atom is 0.310 e. The molecule has 0 saturated carbocycles. The third kappa shape index (κ3) is 3.32. The first-order valence-corrected chi connectivity index (χ1v) is 8.10. The van der Waals surface area contributed by atoms with Crippen LogP contribution in [0, 0.1) is 11.8 Å². The summed E-state index contributed by atoms with van der Waals surface area (Å²) >= 11 is 0. The zero-order valence-electron chi connectivity index (χ0n) is 14.1. The Morgan fingerprint density at radius 3 is 2.44 bits per heavy atom. The van der Waals surface area contributed by atoms with E-state index < -0.39 is 30.0 Å². The van der Waals surface area contributed by atoms with E-state index in [-0.39, 0.29) is 5.91 Å². The lowest BCUT2D eigenvalue weighted by molar-refractivity contribution is -0.146. The van der Waals surface area contributed by atoms with Crippen LogP contribution < -0.4 is 14.8 Å². The lowest BCUT2D eigenvalue weighted by Crippen LogP contribution is -2.43. The Bertz CT molecular complexity index is 701. The molecule has 2 bridgehead atoms. The third-order valence-electron chi connectivity index (χ3n) is 4.65. The molecule has 0 unspecified atom stereocenters. The second-order valence-electron chi connectivity index (χ2n) is 6.07. The molecule has 0 aromatic heterocycles. The van der Waals surface area contributed by atoms with E-state index in [9.17, 15) is 14.7 Å². The van der Waals surface area contributed by atoms with Crippen molar-refractivity contribution < 1.29 is 28.9 Å². The lowest BCUT2D eigenvalue weighted by atomic mass is 9.82. The largest absolute Gasteiger partial charge is 0.493 e. The maximum atomic E-state index is 12.4. The summed E-state index contributed by atoms with van der Waals surface area (Å²) in [7, 11) is 3.14. The summed E-state index contributed by atoms with van der Waals surface area (Å²) in [4.78, 5) is 23.8. The number of nitrogens with one attached hydrogen (secondary N) is 1. The van der Waals surface area contributed by atoms with Gasteiger partial charge >= 0.3 is 5.97 Å². The van der Waals surface area contributed by atoms with Gasteiger partial charge in [-0.1, -0.05) is 18.2 Å². The standard InChI is InChI=1S/C18H21NO6/c1-23-11-4-3-10(9-14(11)24-2)7-8-19-17(20)15-12-5-6-13(25-12)16(15)18(21)22/h3-6,9,12-13,15-16H,7-8H2,1-2H3,(H,19,20)(H,21,22)/t12-,13-,15+,16-/m0/s1. The van der Waals surface area contributed by atoms with Gasteiger partial charge in [-0.25, -0.2) is 0 Å². The van der Waals surface area contributed by atoms with Crippen LogP contribution in [0.3, 0.4) is 0 Å². The summed E-state index contributed by atoms with van der Waals surface area (Å²) in [6.07, 6.45) is 3.12. The van der Waals surface area contributed by atoms with Crippen LogP contribution in [0.15, 0.2) is 30.4 Å². The van der Waals surface area contributed by atoms with Crippen molar-refractivity contribution in [2.45, 2.75) is 18.6 Å². The van der Waals surface area contributed by atoms with Gasteiger partial charge in [-0.2, -0.15) is 0 Å². The highest BCUT2D eigenvalue weighted by Gasteiger charge is 2.53. The Hall–Kier alpha value is -2.54. The summed E-state index contributed by atoms with van der Waals surface area (Å²) in [6.45, 7) is 0.401. The molecule has 1 aromatic rings. The molecule has 4 atom stereocenters. The number of hydrogen-bond donors (Lipinski definition) is 2. The lowest BCUT2D eigenvalue weighted by Gasteiger charge is -2.21. The number of amides is 1. The molecule has 2 aliphatic heterocycles. The number of ether oxygens (including phenoxy) is 3. The van der Waals surface area contributed by atoms with Crippen LogP contribution in [0.25, 0.3) is 0 Å². The molecule has 3 rings (SSSR count). The van der Waals surface area contributed by atoms with Crippen molar-refractivity contribution in [1.29, 1.82) is 0 Å². The molecule has 2 heterocycles. The topological polar surface area (TPSA) is 94.1 Å². The number of carboxylic acids is 1. The maximum absolute atomic E-state index is 12.4. The number of hydrogen-bond acceptors (Lipinski definition) is 5. The van der Waals surface area contributed by atoms with Gasteiger partial charge in [-0.3, -0.25) is 9.59 Å².